The van der Waals surface area contributed by atoms with Gasteiger partial charge in [-0.1, -0.05) is 25.5 Å². The van der Waals surface area contributed by atoms with Gasteiger partial charge >= 0.3 is 0 Å². The van der Waals surface area contributed by atoms with Crippen LogP contribution in [0.15, 0.2) is 47.4 Å². The van der Waals surface area contributed by atoms with Gasteiger partial charge in [0.1, 0.15) is 17.3 Å². The number of fused-ring (bicyclic) bond motifs is 1. The van der Waals surface area contributed by atoms with Crippen LogP contribution < -0.4 is 31.7 Å². The van der Waals surface area contributed by atoms with E-state index < -0.39 is 17.3 Å². The second-order valence-electron chi connectivity index (χ2n) is 8.59. The van der Waals surface area contributed by atoms with Crippen LogP contribution in [0.1, 0.15) is 32.6 Å². The van der Waals surface area contributed by atoms with E-state index in [-0.39, 0.29) is 49.2 Å². The second-order valence-corrected chi connectivity index (χ2v) is 8.59. The van der Waals surface area contributed by atoms with Crippen molar-refractivity contribution in [2.75, 3.05) is 26.8 Å². The molecule has 0 radical (unpaired) electrons. The van der Waals surface area contributed by atoms with Crippen molar-refractivity contribution in [3.8, 4) is 22.6 Å². The number of nitrogens with two attached hydrogens (primary N) is 2. The first kappa shape index (κ1) is 33.2. The lowest BCUT2D eigenvalue weighted by Gasteiger charge is -2.18. The number of carbonyl (C=O) groups excluding carboxylic acids is 1. The molecule has 11 heteroatoms. The van der Waals surface area contributed by atoms with E-state index in [2.05, 4.69) is 5.32 Å². The fraction of sp³-hybridized carbons (Fsp3) is 0.407. The third-order valence-corrected chi connectivity index (χ3v) is 5.95. The Labute approximate surface area is 234 Å². The van der Waals surface area contributed by atoms with Crippen molar-refractivity contribution in [1.82, 2.24) is 9.88 Å². The van der Waals surface area contributed by atoms with Crippen molar-refractivity contribution in [3.05, 3.63) is 58.6 Å². The van der Waals surface area contributed by atoms with Crippen molar-refractivity contribution < 1.29 is 18.7 Å². The normalized spacial score (nSPS) is 11.3. The molecule has 1 heterocycles. The lowest BCUT2D eigenvalue weighted by molar-refractivity contribution is -0.122. The summed E-state index contributed by atoms with van der Waals surface area (Å²) in [6.07, 6.45) is 4.57. The smallest absolute Gasteiger partial charge is 0.236 e. The minimum absolute atomic E-state index is 0. The van der Waals surface area contributed by atoms with Crippen LogP contribution in [0.25, 0.3) is 22.0 Å². The van der Waals surface area contributed by atoms with Gasteiger partial charge in [-0.2, -0.15) is 0 Å². The van der Waals surface area contributed by atoms with E-state index >= 15 is 4.39 Å². The summed E-state index contributed by atoms with van der Waals surface area (Å²) in [4.78, 5) is 25.9. The molecular weight excluding hydrogens is 534 g/mol. The number of halogens is 3. The van der Waals surface area contributed by atoms with E-state index in [1.165, 1.54) is 12.1 Å². The number of rotatable bonds is 13. The fourth-order valence-corrected chi connectivity index (χ4v) is 4.01. The molecule has 1 aromatic heterocycles. The summed E-state index contributed by atoms with van der Waals surface area (Å²) in [5.41, 5.74) is 12.4. The molecular formula is C27H37Cl2FN4O4. The third-order valence-electron chi connectivity index (χ3n) is 5.95. The first-order valence-corrected chi connectivity index (χ1v) is 12.3. The average Bonchev–Trinajstić information content (AvgIpc) is 2.89. The van der Waals surface area contributed by atoms with Crippen molar-refractivity contribution in [2.24, 2.45) is 11.5 Å². The maximum Gasteiger partial charge on any atom is 0.236 e. The predicted octanol–water partition coefficient (Wildman–Crippen LogP) is 4.02. The fourth-order valence-electron chi connectivity index (χ4n) is 4.01. The minimum atomic E-state index is -0.631. The van der Waals surface area contributed by atoms with Crippen LogP contribution in [-0.2, 0) is 11.3 Å². The maximum atomic E-state index is 15.1. The van der Waals surface area contributed by atoms with E-state index in [0.717, 1.165) is 19.3 Å². The molecule has 3 aromatic rings. The zero-order valence-corrected chi connectivity index (χ0v) is 23.3. The minimum Gasteiger partial charge on any atom is -0.497 e. The number of carbonyl (C=O) groups is 1. The van der Waals surface area contributed by atoms with Crippen LogP contribution >= 0.6 is 24.8 Å². The average molecular weight is 572 g/mol. The lowest BCUT2D eigenvalue weighted by Crippen LogP contribution is -2.41. The molecule has 8 nitrogen and oxygen atoms in total. The molecule has 1 amide bonds. The van der Waals surface area contributed by atoms with Crippen molar-refractivity contribution >= 4 is 41.6 Å². The summed E-state index contributed by atoms with van der Waals surface area (Å²) >= 11 is 0. The number of hydrogen-bond donors (Lipinski definition) is 3. The van der Waals surface area contributed by atoms with Gasteiger partial charge in [-0.15, -0.1) is 24.8 Å². The summed E-state index contributed by atoms with van der Waals surface area (Å²) in [5.74, 6) is 0.165. The summed E-state index contributed by atoms with van der Waals surface area (Å²) in [7, 11) is 1.56. The van der Waals surface area contributed by atoms with Gasteiger partial charge in [-0.25, -0.2) is 4.39 Å². The van der Waals surface area contributed by atoms with Gasteiger partial charge in [0, 0.05) is 24.8 Å². The lowest BCUT2D eigenvalue weighted by atomic mass is 10.0. The molecule has 0 saturated heterocycles. The molecule has 210 valence electrons. The number of hydrogen-bond acceptors (Lipinski definition) is 6. The molecule has 0 aliphatic rings. The monoisotopic (exact) mass is 570 g/mol. The number of amides is 1. The predicted molar refractivity (Wildman–Crippen MR) is 154 cm³/mol. The number of ether oxygens (including phenoxy) is 2. The van der Waals surface area contributed by atoms with Gasteiger partial charge < -0.3 is 30.8 Å². The third kappa shape index (κ3) is 8.07. The van der Waals surface area contributed by atoms with Gasteiger partial charge in [0.05, 0.1) is 30.7 Å². The maximum absolute atomic E-state index is 15.1. The number of benzene rings is 2. The van der Waals surface area contributed by atoms with Crippen molar-refractivity contribution in [1.29, 1.82) is 0 Å². The highest BCUT2D eigenvalue weighted by atomic mass is 35.5. The van der Waals surface area contributed by atoms with Crippen molar-refractivity contribution in [3.63, 3.8) is 0 Å². The van der Waals surface area contributed by atoms with Crippen LogP contribution in [0.3, 0.4) is 0 Å². The first-order valence-electron chi connectivity index (χ1n) is 12.3. The van der Waals surface area contributed by atoms with Gasteiger partial charge in [0.2, 0.25) is 5.91 Å². The summed E-state index contributed by atoms with van der Waals surface area (Å²) in [5, 5.41) is 2.79. The molecule has 0 aliphatic heterocycles. The van der Waals surface area contributed by atoms with Crippen LogP contribution in [0.2, 0.25) is 0 Å². The van der Waals surface area contributed by atoms with Crippen molar-refractivity contribution in [2.45, 2.75) is 45.2 Å². The molecule has 0 bridgehead atoms. The Morgan fingerprint density at radius 2 is 1.84 bits per heavy atom. The second kappa shape index (κ2) is 16.2. The van der Waals surface area contributed by atoms with Gasteiger partial charge in [-0.05, 0) is 55.6 Å². The van der Waals surface area contributed by atoms with Gasteiger partial charge in [0.25, 0.3) is 0 Å². The highest BCUT2D eigenvalue weighted by Crippen LogP contribution is 2.29. The van der Waals surface area contributed by atoms with Gasteiger partial charge in [-0.3, -0.25) is 9.59 Å². The Morgan fingerprint density at radius 1 is 1.13 bits per heavy atom. The van der Waals surface area contributed by atoms with E-state index in [4.69, 9.17) is 20.9 Å². The molecule has 2 aromatic carbocycles. The van der Waals surface area contributed by atoms with Gasteiger partial charge in [0.15, 0.2) is 5.43 Å². The molecule has 5 N–H and O–H groups in total. The zero-order chi connectivity index (χ0) is 26.1. The van der Waals surface area contributed by atoms with E-state index in [9.17, 15) is 9.59 Å². The quantitative estimate of drug-likeness (QED) is 0.267. The van der Waals surface area contributed by atoms with E-state index in [1.807, 2.05) is 6.92 Å². The Bertz CT molecular complexity index is 1240. The van der Waals surface area contributed by atoms with Crippen LogP contribution in [0, 0.1) is 5.82 Å². The Balaban J connectivity index is 0.00000361. The highest BCUT2D eigenvalue weighted by molar-refractivity contribution is 5.89. The largest absolute Gasteiger partial charge is 0.497 e. The summed E-state index contributed by atoms with van der Waals surface area (Å²) < 4.78 is 27.9. The highest BCUT2D eigenvalue weighted by Gasteiger charge is 2.19. The summed E-state index contributed by atoms with van der Waals surface area (Å²) in [6.45, 7) is 3.47. The molecule has 0 fully saturated rings. The molecule has 0 aliphatic carbocycles. The SMILES string of the molecule is CCCOc1ccc(F)c2c(=O)c(-c3ccc(OC)cc3)cn(CCNC(=O)[C@@H](N)CCCCN)c12.Cl.Cl. The van der Waals surface area contributed by atoms with Crippen LogP contribution in [0.4, 0.5) is 4.39 Å². The standard InChI is InChI=1S/C27H35FN4O4.2ClH/c1-3-16-36-23-12-11-21(28)24-25(23)32(15-14-31-27(34)22(30)6-4-5-13-29)17-20(26(24)33)18-7-9-19(35-2)10-8-18;;/h7-12,17,22H,3-6,13-16,29-30H2,1-2H3,(H,31,34);2*1H/t22-;;/m0../s1. The number of aromatic nitrogens is 1. The molecule has 1 atom stereocenters. The van der Waals surface area contributed by atoms with E-state index in [1.54, 1.807) is 42.1 Å². The first-order chi connectivity index (χ1) is 17.4. The number of methoxy groups -OCH3 is 1. The molecule has 0 unspecified atom stereocenters. The molecule has 3 rings (SSSR count). The Morgan fingerprint density at radius 3 is 2.47 bits per heavy atom. The number of nitrogens with one attached hydrogen (secondary N) is 1. The van der Waals surface area contributed by atoms with E-state index in [0.29, 0.717) is 47.7 Å². The molecule has 0 spiro atoms. The van der Waals surface area contributed by atoms with Crippen LogP contribution in [0.5, 0.6) is 11.5 Å². The number of pyridine rings is 1. The number of unbranched alkanes of at least 4 members (excludes halogenated alkanes) is 1. The number of nitrogens with zero attached hydrogens (tertiary/aromatic N) is 1. The summed E-state index contributed by atoms with van der Waals surface area (Å²) in [6, 6.07) is 9.14. The Hall–Kier alpha value is -2.85. The van der Waals surface area contributed by atoms with Crippen LogP contribution in [-0.4, -0.2) is 43.3 Å². The molecule has 0 saturated carbocycles. The Kier molecular flexibility index (Phi) is 14.1. The topological polar surface area (TPSA) is 122 Å². The zero-order valence-electron chi connectivity index (χ0n) is 21.7. The molecule has 38 heavy (non-hydrogen) atoms.